The molecule has 0 heterocycles. The molecule has 0 aromatic heterocycles. The lowest BCUT2D eigenvalue weighted by molar-refractivity contribution is 0.139. The average molecular weight is 329 g/mol. The van der Waals surface area contributed by atoms with Gasteiger partial charge in [-0.3, -0.25) is 0 Å². The molecule has 0 radical (unpaired) electrons. The highest BCUT2D eigenvalue weighted by atomic mass is 16.5. The summed E-state index contributed by atoms with van der Waals surface area (Å²) in [6.07, 6.45) is 10.9. The third-order valence-electron chi connectivity index (χ3n) is 4.39. The average Bonchev–Trinajstić information content (AvgIpc) is 2.94. The molecule has 0 atom stereocenters. The molecule has 124 valence electrons. The number of carbonyl (C=O) groups is 1. The molecular weight excluding hydrogens is 310 g/mol. The third kappa shape index (κ3) is 3.52. The van der Waals surface area contributed by atoms with Crippen molar-refractivity contribution in [2.24, 2.45) is 0 Å². The second-order valence-corrected chi connectivity index (χ2v) is 5.98. The normalized spacial score (nSPS) is 12.0. The summed E-state index contributed by atoms with van der Waals surface area (Å²) in [5, 5.41) is 2.74. The van der Waals surface area contributed by atoms with E-state index >= 15 is 0 Å². The first kappa shape index (κ1) is 16.7. The first-order valence-corrected chi connectivity index (χ1v) is 8.23. The Morgan fingerprint density at radius 2 is 1.52 bits per heavy atom. The molecule has 2 aromatic carbocycles. The molecule has 1 aliphatic rings. The van der Waals surface area contributed by atoms with E-state index in [1.165, 1.54) is 22.3 Å². The Morgan fingerprint density at radius 3 is 2.04 bits per heavy atom. The number of hydrogen-bond donors (Lipinski definition) is 1. The molecule has 0 saturated heterocycles. The van der Waals surface area contributed by atoms with Gasteiger partial charge in [-0.25, -0.2) is 4.79 Å². The van der Waals surface area contributed by atoms with Crippen molar-refractivity contribution in [1.29, 1.82) is 0 Å². The van der Waals surface area contributed by atoms with Gasteiger partial charge in [0.25, 0.3) is 0 Å². The number of nitrogens with one attached hydrogen (secondary N) is 1. The maximum Gasteiger partial charge on any atom is 0.407 e. The zero-order valence-corrected chi connectivity index (χ0v) is 13.9. The lowest BCUT2D eigenvalue weighted by Crippen LogP contribution is -2.35. The van der Waals surface area contributed by atoms with Gasteiger partial charge in [0, 0.05) is 18.8 Å². The van der Waals surface area contributed by atoms with Crippen molar-refractivity contribution in [2.45, 2.75) is 24.8 Å². The van der Waals surface area contributed by atoms with Crippen LogP contribution in [0, 0.1) is 24.7 Å². The zero-order valence-electron chi connectivity index (χ0n) is 13.9. The largest absolute Gasteiger partial charge is 0.449 e. The van der Waals surface area contributed by atoms with Crippen LogP contribution in [-0.2, 0) is 4.74 Å². The Bertz CT molecular complexity index is 795. The van der Waals surface area contributed by atoms with Crippen LogP contribution >= 0.6 is 0 Å². The maximum absolute atomic E-state index is 12.1. The standard InChI is InChI=1S/C22H19NO2/c1-3-9-16(10-4-2)23-22(24)25-15-21-19-13-7-5-11-17(19)18-12-6-8-14-20(18)21/h1-2,5-8,11-14,16,21H,9-10,15H2,(H,23,24). The van der Waals surface area contributed by atoms with Crippen molar-refractivity contribution in [3.05, 3.63) is 59.7 Å². The molecule has 2 aromatic rings. The van der Waals surface area contributed by atoms with Crippen molar-refractivity contribution >= 4 is 6.09 Å². The Hall–Kier alpha value is -3.17. The topological polar surface area (TPSA) is 38.3 Å². The second-order valence-electron chi connectivity index (χ2n) is 5.98. The Labute approximate surface area is 148 Å². The van der Waals surface area contributed by atoms with Crippen LogP contribution in [0.5, 0.6) is 0 Å². The minimum Gasteiger partial charge on any atom is -0.449 e. The molecule has 25 heavy (non-hydrogen) atoms. The van der Waals surface area contributed by atoms with E-state index in [-0.39, 0.29) is 18.6 Å². The van der Waals surface area contributed by atoms with E-state index in [1.54, 1.807) is 0 Å². The summed E-state index contributed by atoms with van der Waals surface area (Å²) in [6.45, 7) is 0.276. The van der Waals surface area contributed by atoms with Gasteiger partial charge in [-0.2, -0.15) is 0 Å². The van der Waals surface area contributed by atoms with Crippen molar-refractivity contribution in [2.75, 3.05) is 6.61 Å². The molecule has 0 unspecified atom stereocenters. The highest BCUT2D eigenvalue weighted by molar-refractivity contribution is 5.79. The molecule has 0 spiro atoms. The van der Waals surface area contributed by atoms with Gasteiger partial charge in [-0.15, -0.1) is 24.7 Å². The Morgan fingerprint density at radius 1 is 1.00 bits per heavy atom. The van der Waals surface area contributed by atoms with Crippen LogP contribution in [0.3, 0.4) is 0 Å². The van der Waals surface area contributed by atoms with Crippen molar-refractivity contribution in [3.63, 3.8) is 0 Å². The van der Waals surface area contributed by atoms with Crippen molar-refractivity contribution < 1.29 is 9.53 Å². The summed E-state index contributed by atoms with van der Waals surface area (Å²) in [6, 6.07) is 16.2. The number of alkyl carbamates (subject to hydrolysis) is 1. The molecule has 0 fully saturated rings. The molecule has 1 amide bonds. The van der Waals surface area contributed by atoms with Crippen LogP contribution in [0.4, 0.5) is 4.79 Å². The number of hydrogen-bond acceptors (Lipinski definition) is 2. The van der Waals surface area contributed by atoms with Gasteiger partial charge in [0.15, 0.2) is 0 Å². The van der Waals surface area contributed by atoms with Gasteiger partial charge < -0.3 is 10.1 Å². The van der Waals surface area contributed by atoms with E-state index in [0.29, 0.717) is 12.8 Å². The number of amides is 1. The van der Waals surface area contributed by atoms with E-state index in [2.05, 4.69) is 41.4 Å². The molecule has 1 aliphatic carbocycles. The monoisotopic (exact) mass is 329 g/mol. The van der Waals surface area contributed by atoms with Crippen LogP contribution in [0.1, 0.15) is 29.9 Å². The van der Waals surface area contributed by atoms with E-state index in [4.69, 9.17) is 17.6 Å². The fraction of sp³-hybridized carbons (Fsp3) is 0.227. The summed E-state index contributed by atoms with van der Waals surface area (Å²) < 4.78 is 5.48. The molecule has 3 nitrogen and oxygen atoms in total. The van der Waals surface area contributed by atoms with Crippen LogP contribution in [0.2, 0.25) is 0 Å². The summed E-state index contributed by atoms with van der Waals surface area (Å²) in [4.78, 5) is 12.1. The fourth-order valence-electron chi connectivity index (χ4n) is 3.27. The molecule has 0 bridgehead atoms. The molecule has 1 N–H and O–H groups in total. The minimum absolute atomic E-state index is 0.0388. The van der Waals surface area contributed by atoms with E-state index in [1.807, 2.05) is 24.3 Å². The molecule has 0 aliphatic heterocycles. The predicted molar refractivity (Wildman–Crippen MR) is 98.9 cm³/mol. The Kier molecular flexibility index (Phi) is 5.07. The number of terminal acetylenes is 2. The minimum atomic E-state index is -0.489. The predicted octanol–water partition coefficient (Wildman–Crippen LogP) is 3.94. The number of benzene rings is 2. The highest BCUT2D eigenvalue weighted by Gasteiger charge is 2.29. The SMILES string of the molecule is C#CCC(CC#C)NC(=O)OCC1c2ccccc2-c2ccccc21. The van der Waals surface area contributed by atoms with Gasteiger partial charge in [0.05, 0.1) is 6.04 Å². The van der Waals surface area contributed by atoms with E-state index in [0.717, 1.165) is 0 Å². The highest BCUT2D eigenvalue weighted by Crippen LogP contribution is 2.44. The maximum atomic E-state index is 12.1. The molecular formula is C22H19NO2. The Balaban J connectivity index is 1.70. The van der Waals surface area contributed by atoms with Crippen LogP contribution in [0.25, 0.3) is 11.1 Å². The summed E-state index contributed by atoms with van der Waals surface area (Å²) in [7, 11) is 0. The molecule has 3 rings (SSSR count). The van der Waals surface area contributed by atoms with Crippen LogP contribution in [-0.4, -0.2) is 18.7 Å². The number of fused-ring (bicyclic) bond motifs is 3. The fourth-order valence-corrected chi connectivity index (χ4v) is 3.27. The van der Waals surface area contributed by atoms with E-state index < -0.39 is 6.09 Å². The number of ether oxygens (including phenoxy) is 1. The lowest BCUT2D eigenvalue weighted by Gasteiger charge is -2.17. The van der Waals surface area contributed by atoms with Crippen molar-refractivity contribution in [1.82, 2.24) is 5.32 Å². The first-order valence-electron chi connectivity index (χ1n) is 8.23. The number of carbonyl (C=O) groups excluding carboxylic acids is 1. The number of rotatable bonds is 5. The van der Waals surface area contributed by atoms with Gasteiger partial charge in [-0.1, -0.05) is 48.5 Å². The lowest BCUT2D eigenvalue weighted by atomic mass is 9.98. The zero-order chi connectivity index (χ0) is 17.6. The van der Waals surface area contributed by atoms with E-state index in [9.17, 15) is 4.79 Å². The van der Waals surface area contributed by atoms with Gasteiger partial charge in [0.1, 0.15) is 6.61 Å². The summed E-state index contributed by atoms with van der Waals surface area (Å²) in [5.41, 5.74) is 4.76. The first-order chi connectivity index (χ1) is 12.2. The third-order valence-corrected chi connectivity index (χ3v) is 4.39. The smallest absolute Gasteiger partial charge is 0.407 e. The quantitative estimate of drug-likeness (QED) is 0.844. The van der Waals surface area contributed by atoms with Gasteiger partial charge in [0.2, 0.25) is 0 Å². The molecule has 3 heteroatoms. The van der Waals surface area contributed by atoms with Gasteiger partial charge >= 0.3 is 6.09 Å². The summed E-state index contributed by atoms with van der Waals surface area (Å²) in [5.74, 6) is 5.07. The molecule has 0 saturated carbocycles. The van der Waals surface area contributed by atoms with Crippen molar-refractivity contribution in [3.8, 4) is 35.8 Å². The summed E-state index contributed by atoms with van der Waals surface area (Å²) >= 11 is 0. The second kappa shape index (κ2) is 7.60. The van der Waals surface area contributed by atoms with Gasteiger partial charge in [-0.05, 0) is 22.3 Å². The van der Waals surface area contributed by atoms with Crippen LogP contribution in [0.15, 0.2) is 48.5 Å². The van der Waals surface area contributed by atoms with Crippen LogP contribution < -0.4 is 5.32 Å².